The maximum Gasteiger partial charge on any atom is 0.254 e. The lowest BCUT2D eigenvalue weighted by molar-refractivity contribution is -0.00156. The van der Waals surface area contributed by atoms with Crippen molar-refractivity contribution in [2.75, 3.05) is 25.9 Å². The van der Waals surface area contributed by atoms with E-state index in [0.717, 1.165) is 17.4 Å². The SMILES string of the molecule is COC1CN(C(=O)c2cc(N)cc(Br)c2)CCC1C. The predicted molar refractivity (Wildman–Crippen MR) is 79.0 cm³/mol. The fourth-order valence-electron chi connectivity index (χ4n) is 2.44. The van der Waals surface area contributed by atoms with E-state index in [4.69, 9.17) is 10.5 Å². The van der Waals surface area contributed by atoms with Crippen molar-refractivity contribution < 1.29 is 9.53 Å². The van der Waals surface area contributed by atoms with E-state index >= 15 is 0 Å². The van der Waals surface area contributed by atoms with Crippen LogP contribution >= 0.6 is 15.9 Å². The Hall–Kier alpha value is -1.07. The molecular formula is C14H19BrN2O2. The molecule has 1 aliphatic rings. The molecule has 0 saturated carbocycles. The molecule has 1 heterocycles. The van der Waals surface area contributed by atoms with Crippen LogP contribution in [0.3, 0.4) is 0 Å². The second-order valence-electron chi connectivity index (χ2n) is 5.06. The summed E-state index contributed by atoms with van der Waals surface area (Å²) < 4.78 is 6.26. The lowest BCUT2D eigenvalue weighted by Crippen LogP contribution is -2.46. The number of halogens is 1. The molecule has 2 atom stereocenters. The summed E-state index contributed by atoms with van der Waals surface area (Å²) in [6.07, 6.45) is 1.08. The largest absolute Gasteiger partial charge is 0.399 e. The van der Waals surface area contributed by atoms with Crippen LogP contribution in [0.2, 0.25) is 0 Å². The smallest absolute Gasteiger partial charge is 0.254 e. The minimum Gasteiger partial charge on any atom is -0.399 e. The Labute approximate surface area is 122 Å². The van der Waals surface area contributed by atoms with Crippen LogP contribution < -0.4 is 5.73 Å². The number of anilines is 1. The number of carbonyl (C=O) groups excluding carboxylic acids is 1. The highest BCUT2D eigenvalue weighted by molar-refractivity contribution is 9.10. The molecule has 1 fully saturated rings. The molecule has 0 aliphatic carbocycles. The quantitative estimate of drug-likeness (QED) is 0.849. The van der Waals surface area contributed by atoms with Crippen molar-refractivity contribution >= 4 is 27.5 Å². The molecule has 1 amide bonds. The van der Waals surface area contributed by atoms with Crippen molar-refractivity contribution in [3.8, 4) is 0 Å². The molecule has 1 saturated heterocycles. The van der Waals surface area contributed by atoms with Gasteiger partial charge in [0.15, 0.2) is 0 Å². The van der Waals surface area contributed by atoms with Crippen LogP contribution in [0.15, 0.2) is 22.7 Å². The van der Waals surface area contributed by atoms with Gasteiger partial charge < -0.3 is 15.4 Å². The average molecular weight is 327 g/mol. The van der Waals surface area contributed by atoms with Crippen molar-refractivity contribution in [3.05, 3.63) is 28.2 Å². The monoisotopic (exact) mass is 326 g/mol. The van der Waals surface area contributed by atoms with Crippen LogP contribution in [-0.4, -0.2) is 37.1 Å². The van der Waals surface area contributed by atoms with Crippen molar-refractivity contribution in [2.45, 2.75) is 19.4 Å². The Morgan fingerprint density at radius 2 is 2.21 bits per heavy atom. The molecule has 1 aliphatic heterocycles. The Bertz CT molecular complexity index is 458. The summed E-state index contributed by atoms with van der Waals surface area (Å²) in [6.45, 7) is 3.57. The number of nitrogens with two attached hydrogens (primary N) is 1. The van der Waals surface area contributed by atoms with Crippen LogP contribution in [0.1, 0.15) is 23.7 Å². The number of amides is 1. The fraction of sp³-hybridized carbons (Fsp3) is 0.500. The molecule has 0 aromatic heterocycles. The summed E-state index contributed by atoms with van der Waals surface area (Å²) in [5.74, 6) is 0.503. The molecular weight excluding hydrogens is 308 g/mol. The van der Waals surface area contributed by atoms with Gasteiger partial charge in [0.2, 0.25) is 0 Å². The number of methoxy groups -OCH3 is 1. The molecule has 0 bridgehead atoms. The van der Waals surface area contributed by atoms with Crippen molar-refractivity contribution in [1.29, 1.82) is 0 Å². The minimum atomic E-state index is 0.0157. The first-order valence-corrected chi connectivity index (χ1v) is 7.18. The van der Waals surface area contributed by atoms with Gasteiger partial charge >= 0.3 is 0 Å². The summed E-state index contributed by atoms with van der Waals surface area (Å²) in [6, 6.07) is 5.30. The average Bonchev–Trinajstić information content (AvgIpc) is 2.37. The maximum absolute atomic E-state index is 12.5. The molecule has 1 aromatic carbocycles. The van der Waals surface area contributed by atoms with Crippen LogP contribution in [-0.2, 0) is 4.74 Å². The lowest BCUT2D eigenvalue weighted by atomic mass is 9.95. The van der Waals surface area contributed by atoms with Gasteiger partial charge in [-0.2, -0.15) is 0 Å². The number of carbonyl (C=O) groups is 1. The summed E-state index contributed by atoms with van der Waals surface area (Å²) in [5, 5.41) is 0. The normalized spacial score (nSPS) is 23.4. The first kappa shape index (κ1) is 14.3. The van der Waals surface area contributed by atoms with E-state index in [1.165, 1.54) is 0 Å². The van der Waals surface area contributed by atoms with E-state index in [0.29, 0.717) is 23.7 Å². The van der Waals surface area contributed by atoms with E-state index in [-0.39, 0.29) is 12.0 Å². The summed E-state index contributed by atoms with van der Waals surface area (Å²) >= 11 is 3.36. The number of piperidine rings is 1. The van der Waals surface area contributed by atoms with E-state index in [1.54, 1.807) is 25.3 Å². The summed E-state index contributed by atoms with van der Waals surface area (Å²) in [5.41, 5.74) is 6.99. The zero-order valence-corrected chi connectivity index (χ0v) is 12.8. The van der Waals surface area contributed by atoms with Crippen LogP contribution in [0, 0.1) is 5.92 Å². The Morgan fingerprint density at radius 1 is 1.47 bits per heavy atom. The van der Waals surface area contributed by atoms with Gasteiger partial charge in [-0.25, -0.2) is 0 Å². The van der Waals surface area contributed by atoms with Gasteiger partial charge in [0.05, 0.1) is 6.10 Å². The molecule has 0 spiro atoms. The van der Waals surface area contributed by atoms with Gasteiger partial charge in [-0.3, -0.25) is 4.79 Å². The van der Waals surface area contributed by atoms with E-state index in [2.05, 4.69) is 22.9 Å². The molecule has 2 N–H and O–H groups in total. The zero-order valence-electron chi connectivity index (χ0n) is 11.2. The first-order chi connectivity index (χ1) is 9.01. The molecule has 1 aromatic rings. The van der Waals surface area contributed by atoms with Crippen molar-refractivity contribution in [1.82, 2.24) is 4.90 Å². The van der Waals surface area contributed by atoms with Crippen molar-refractivity contribution in [3.63, 3.8) is 0 Å². The van der Waals surface area contributed by atoms with Crippen LogP contribution in [0.5, 0.6) is 0 Å². The lowest BCUT2D eigenvalue weighted by Gasteiger charge is -2.36. The number of nitrogen functional groups attached to an aromatic ring is 1. The maximum atomic E-state index is 12.5. The third kappa shape index (κ3) is 3.28. The summed E-state index contributed by atoms with van der Waals surface area (Å²) in [7, 11) is 1.70. The molecule has 104 valence electrons. The second-order valence-corrected chi connectivity index (χ2v) is 5.98. The minimum absolute atomic E-state index is 0.0157. The van der Waals surface area contributed by atoms with E-state index < -0.39 is 0 Å². The number of hydrogen-bond donors (Lipinski definition) is 1. The number of hydrogen-bond acceptors (Lipinski definition) is 3. The third-order valence-electron chi connectivity index (χ3n) is 3.65. The van der Waals surface area contributed by atoms with Gasteiger partial charge in [-0.1, -0.05) is 22.9 Å². The van der Waals surface area contributed by atoms with Gasteiger partial charge in [0.25, 0.3) is 5.91 Å². The molecule has 5 heteroatoms. The van der Waals surface area contributed by atoms with Crippen LogP contribution in [0.25, 0.3) is 0 Å². The van der Waals surface area contributed by atoms with Crippen LogP contribution in [0.4, 0.5) is 5.69 Å². The van der Waals surface area contributed by atoms with Gasteiger partial charge in [-0.15, -0.1) is 0 Å². The first-order valence-electron chi connectivity index (χ1n) is 6.39. The van der Waals surface area contributed by atoms with Gasteiger partial charge in [0.1, 0.15) is 0 Å². The molecule has 19 heavy (non-hydrogen) atoms. The van der Waals surface area contributed by atoms with Crippen molar-refractivity contribution in [2.24, 2.45) is 5.92 Å². The van der Waals surface area contributed by atoms with E-state index in [9.17, 15) is 4.79 Å². The standard InChI is InChI=1S/C14H19BrN2O2/c1-9-3-4-17(8-13(9)19-2)14(18)10-5-11(15)7-12(16)6-10/h5-7,9,13H,3-4,8,16H2,1-2H3. The van der Waals surface area contributed by atoms with Gasteiger partial charge in [-0.05, 0) is 30.5 Å². The number of nitrogens with zero attached hydrogens (tertiary/aromatic N) is 1. The summed E-state index contributed by atoms with van der Waals surface area (Å²) in [4.78, 5) is 14.3. The van der Waals surface area contributed by atoms with Gasteiger partial charge in [0, 0.05) is 35.9 Å². The molecule has 2 unspecified atom stereocenters. The number of benzene rings is 1. The zero-order chi connectivity index (χ0) is 14.0. The number of ether oxygens (including phenoxy) is 1. The molecule has 2 rings (SSSR count). The molecule has 4 nitrogen and oxygen atoms in total. The Morgan fingerprint density at radius 3 is 2.84 bits per heavy atom. The third-order valence-corrected chi connectivity index (χ3v) is 4.10. The Kier molecular flexibility index (Phi) is 4.47. The van der Waals surface area contributed by atoms with E-state index in [1.807, 2.05) is 4.90 Å². The highest BCUT2D eigenvalue weighted by atomic mass is 79.9. The fourth-order valence-corrected chi connectivity index (χ4v) is 2.95. The number of likely N-dealkylation sites (tertiary alicyclic amines) is 1. The Balaban J connectivity index is 2.15. The second kappa shape index (κ2) is 5.92. The highest BCUT2D eigenvalue weighted by Gasteiger charge is 2.29. The highest BCUT2D eigenvalue weighted by Crippen LogP contribution is 2.23. The number of rotatable bonds is 2. The topological polar surface area (TPSA) is 55.6 Å². The molecule has 0 radical (unpaired) electrons. The predicted octanol–water partition coefficient (Wildman–Crippen LogP) is 2.53.